The van der Waals surface area contributed by atoms with E-state index in [9.17, 15) is 9.59 Å². The molecule has 0 unspecified atom stereocenters. The first-order valence-corrected chi connectivity index (χ1v) is 8.84. The zero-order valence-corrected chi connectivity index (χ0v) is 15.5. The summed E-state index contributed by atoms with van der Waals surface area (Å²) in [6.45, 7) is 0. The van der Waals surface area contributed by atoms with Gasteiger partial charge in [-0.3, -0.25) is 9.59 Å². The Morgan fingerprint density at radius 2 is 1.79 bits per heavy atom. The van der Waals surface area contributed by atoms with Crippen LogP contribution in [0.4, 0.5) is 5.69 Å². The Hall–Kier alpha value is -4.14. The van der Waals surface area contributed by atoms with Crippen molar-refractivity contribution >= 4 is 17.4 Å². The highest BCUT2D eigenvalue weighted by Gasteiger charge is 2.24. The number of rotatable bonds is 6. The van der Waals surface area contributed by atoms with Gasteiger partial charge >= 0.3 is 0 Å². The maximum atomic E-state index is 13.0. The van der Waals surface area contributed by atoms with E-state index < -0.39 is 6.04 Å². The summed E-state index contributed by atoms with van der Waals surface area (Å²) in [7, 11) is 1.76. The molecule has 0 spiro atoms. The number of hydrogen-bond donors (Lipinski definition) is 1. The van der Waals surface area contributed by atoms with Gasteiger partial charge in [0.1, 0.15) is 6.33 Å². The van der Waals surface area contributed by atoms with Crippen molar-refractivity contribution in [3.05, 3.63) is 90.3 Å². The van der Waals surface area contributed by atoms with E-state index in [4.69, 9.17) is 0 Å². The number of hydrogen-bond acceptors (Lipinski definition) is 6. The smallest absolute Gasteiger partial charge is 0.253 e. The Kier molecular flexibility index (Phi) is 4.93. The number of carbonyl (C=O) groups is 2. The molecule has 0 aliphatic heterocycles. The number of carbonyl (C=O) groups excluding carboxylic acids is 2. The highest BCUT2D eigenvalue weighted by Crippen LogP contribution is 2.20. The van der Waals surface area contributed by atoms with Gasteiger partial charge < -0.3 is 9.88 Å². The molecule has 9 heteroatoms. The fraction of sp³-hybridized carbons (Fsp3) is 0.100. The summed E-state index contributed by atoms with van der Waals surface area (Å²) in [6.07, 6.45) is 4.68. The Labute approximate surface area is 166 Å². The molecule has 9 nitrogen and oxygen atoms in total. The number of anilines is 1. The molecule has 0 saturated heterocycles. The van der Waals surface area contributed by atoms with Crippen molar-refractivity contribution in [3.63, 3.8) is 0 Å². The number of ketones is 1. The van der Waals surface area contributed by atoms with E-state index in [1.54, 1.807) is 48.3 Å². The lowest BCUT2D eigenvalue weighted by atomic mass is 10.1. The van der Waals surface area contributed by atoms with Crippen LogP contribution >= 0.6 is 0 Å². The van der Waals surface area contributed by atoms with Gasteiger partial charge in [0.2, 0.25) is 5.78 Å². The second kappa shape index (κ2) is 7.85. The highest BCUT2D eigenvalue weighted by molar-refractivity contribution is 6.07. The Balaban J connectivity index is 1.54. The van der Waals surface area contributed by atoms with Gasteiger partial charge in [0.05, 0.1) is 0 Å². The molecule has 4 rings (SSSR count). The topological polar surface area (TPSA) is 108 Å². The molecule has 0 fully saturated rings. The molecule has 4 aromatic rings. The molecule has 144 valence electrons. The van der Waals surface area contributed by atoms with Gasteiger partial charge in [0.25, 0.3) is 5.91 Å². The lowest BCUT2D eigenvalue weighted by molar-refractivity contribution is -0.118. The van der Waals surface area contributed by atoms with Crippen LogP contribution in [0.3, 0.4) is 0 Å². The molecular formula is C20H17N7O2. The van der Waals surface area contributed by atoms with Gasteiger partial charge in [-0.25, -0.2) is 9.67 Å². The third-order valence-electron chi connectivity index (χ3n) is 4.43. The van der Waals surface area contributed by atoms with E-state index in [0.717, 1.165) is 5.56 Å². The van der Waals surface area contributed by atoms with Crippen LogP contribution < -0.4 is 5.32 Å². The van der Waals surface area contributed by atoms with Crippen LogP contribution in [0.25, 0.3) is 0 Å². The van der Waals surface area contributed by atoms with Crippen LogP contribution in [-0.2, 0) is 11.8 Å². The highest BCUT2D eigenvalue weighted by atomic mass is 16.2. The second-order valence-electron chi connectivity index (χ2n) is 6.36. The second-order valence-corrected chi connectivity index (χ2v) is 6.36. The first kappa shape index (κ1) is 18.2. The van der Waals surface area contributed by atoms with Gasteiger partial charge in [-0.15, -0.1) is 5.10 Å². The number of nitrogens with one attached hydrogen (secondary N) is 1. The SMILES string of the molecule is Cn1ccnc1C(=O)c1ccc(NC(=O)[C@@H](c2ccccc2)n2cnnn2)cc1. The summed E-state index contributed by atoms with van der Waals surface area (Å²) in [4.78, 5) is 29.5. The first-order chi connectivity index (χ1) is 14.1. The molecule has 0 bridgehead atoms. The van der Waals surface area contributed by atoms with Crippen molar-refractivity contribution in [2.75, 3.05) is 5.32 Å². The fourth-order valence-electron chi connectivity index (χ4n) is 2.98. The Bertz CT molecular complexity index is 1120. The third kappa shape index (κ3) is 3.79. The van der Waals surface area contributed by atoms with E-state index in [-0.39, 0.29) is 11.7 Å². The zero-order valence-electron chi connectivity index (χ0n) is 15.5. The minimum atomic E-state index is -0.722. The number of amides is 1. The molecule has 0 saturated carbocycles. The average Bonchev–Trinajstić information content (AvgIpc) is 3.41. The fourth-order valence-corrected chi connectivity index (χ4v) is 2.98. The molecule has 0 aliphatic rings. The number of tetrazole rings is 1. The summed E-state index contributed by atoms with van der Waals surface area (Å²) in [6, 6.07) is 15.2. The molecule has 29 heavy (non-hydrogen) atoms. The Morgan fingerprint density at radius 3 is 2.41 bits per heavy atom. The molecule has 2 aromatic carbocycles. The molecular weight excluding hydrogens is 370 g/mol. The maximum Gasteiger partial charge on any atom is 0.253 e. The Morgan fingerprint density at radius 1 is 1.03 bits per heavy atom. The molecule has 1 amide bonds. The van der Waals surface area contributed by atoms with Crippen LogP contribution in [-0.4, -0.2) is 41.4 Å². The lowest BCUT2D eigenvalue weighted by Crippen LogP contribution is -2.27. The van der Waals surface area contributed by atoms with Crippen LogP contribution in [0.5, 0.6) is 0 Å². The normalized spacial score (nSPS) is 11.8. The lowest BCUT2D eigenvalue weighted by Gasteiger charge is -2.16. The zero-order chi connectivity index (χ0) is 20.2. The van der Waals surface area contributed by atoms with Gasteiger partial charge in [0.15, 0.2) is 11.9 Å². The van der Waals surface area contributed by atoms with Crippen molar-refractivity contribution in [2.45, 2.75) is 6.04 Å². The van der Waals surface area contributed by atoms with E-state index in [0.29, 0.717) is 17.1 Å². The van der Waals surface area contributed by atoms with Gasteiger partial charge in [0, 0.05) is 30.7 Å². The first-order valence-electron chi connectivity index (χ1n) is 8.84. The van der Waals surface area contributed by atoms with Crippen LogP contribution in [0.2, 0.25) is 0 Å². The number of aryl methyl sites for hydroxylation is 1. The van der Waals surface area contributed by atoms with Crippen molar-refractivity contribution in [3.8, 4) is 0 Å². The van der Waals surface area contributed by atoms with Gasteiger partial charge in [-0.05, 0) is 40.3 Å². The molecule has 1 atom stereocenters. The van der Waals surface area contributed by atoms with E-state index in [1.807, 2.05) is 30.3 Å². The van der Waals surface area contributed by atoms with Crippen molar-refractivity contribution in [1.29, 1.82) is 0 Å². The van der Waals surface area contributed by atoms with E-state index in [1.165, 1.54) is 11.0 Å². The number of nitrogens with zero attached hydrogens (tertiary/aromatic N) is 6. The summed E-state index contributed by atoms with van der Waals surface area (Å²) >= 11 is 0. The van der Waals surface area contributed by atoms with E-state index >= 15 is 0 Å². The summed E-state index contributed by atoms with van der Waals surface area (Å²) in [5.41, 5.74) is 1.79. The minimum absolute atomic E-state index is 0.189. The van der Waals surface area contributed by atoms with Crippen LogP contribution in [0.15, 0.2) is 73.3 Å². The quantitative estimate of drug-likeness (QED) is 0.506. The van der Waals surface area contributed by atoms with Crippen molar-refractivity contribution in [1.82, 2.24) is 29.8 Å². The third-order valence-corrected chi connectivity index (χ3v) is 4.43. The maximum absolute atomic E-state index is 13.0. The summed E-state index contributed by atoms with van der Waals surface area (Å²) in [5.74, 6) is -0.137. The number of benzene rings is 2. The van der Waals surface area contributed by atoms with Crippen LogP contribution in [0.1, 0.15) is 27.8 Å². The number of aromatic nitrogens is 6. The average molecular weight is 387 g/mol. The predicted octanol–water partition coefficient (Wildman–Crippen LogP) is 1.87. The standard InChI is InChI=1S/C20H17N7O2/c1-26-12-11-21-19(26)18(28)15-7-9-16(10-8-15)23-20(29)17(27-13-22-24-25-27)14-5-3-2-4-6-14/h2-13,17H,1H3,(H,23,29)/t17-/m1/s1. The summed E-state index contributed by atoms with van der Waals surface area (Å²) < 4.78 is 3.05. The molecule has 0 radical (unpaired) electrons. The summed E-state index contributed by atoms with van der Waals surface area (Å²) in [5, 5.41) is 14.0. The van der Waals surface area contributed by atoms with Crippen molar-refractivity contribution in [2.24, 2.45) is 7.05 Å². The molecule has 1 N–H and O–H groups in total. The molecule has 2 aromatic heterocycles. The monoisotopic (exact) mass is 387 g/mol. The molecule has 0 aliphatic carbocycles. The van der Waals surface area contributed by atoms with Crippen LogP contribution in [0, 0.1) is 0 Å². The predicted molar refractivity (Wildman–Crippen MR) is 104 cm³/mol. The minimum Gasteiger partial charge on any atom is -0.331 e. The number of imidazole rings is 1. The van der Waals surface area contributed by atoms with E-state index in [2.05, 4.69) is 25.8 Å². The van der Waals surface area contributed by atoms with Gasteiger partial charge in [-0.1, -0.05) is 30.3 Å². The largest absolute Gasteiger partial charge is 0.331 e. The van der Waals surface area contributed by atoms with Crippen molar-refractivity contribution < 1.29 is 9.59 Å². The van der Waals surface area contributed by atoms with Gasteiger partial charge in [-0.2, -0.15) is 0 Å². The molecule has 2 heterocycles.